The zero-order chi connectivity index (χ0) is 24.0. The third kappa shape index (κ3) is 5.57. The van der Waals surface area contributed by atoms with Crippen molar-refractivity contribution in [1.82, 2.24) is 10.2 Å². The minimum Gasteiger partial charge on any atom is -0.378 e. The third-order valence-corrected chi connectivity index (χ3v) is 7.82. The fourth-order valence-electron chi connectivity index (χ4n) is 4.76. The van der Waals surface area contributed by atoms with Crippen molar-refractivity contribution in [2.75, 3.05) is 44.3 Å². The summed E-state index contributed by atoms with van der Waals surface area (Å²) in [5.74, 6) is -0.187. The largest absolute Gasteiger partial charge is 0.378 e. The van der Waals surface area contributed by atoms with Crippen molar-refractivity contribution in [1.29, 1.82) is 0 Å². The quantitative estimate of drug-likeness (QED) is 0.540. The van der Waals surface area contributed by atoms with Crippen LogP contribution in [0.3, 0.4) is 0 Å². The first-order valence-electron chi connectivity index (χ1n) is 12.3. The van der Waals surface area contributed by atoms with E-state index in [0.717, 1.165) is 60.7 Å². The summed E-state index contributed by atoms with van der Waals surface area (Å²) in [7, 11) is 0. The number of nitrogens with one attached hydrogen (secondary N) is 1. The van der Waals surface area contributed by atoms with E-state index < -0.39 is 6.04 Å². The molecule has 2 aromatic carbocycles. The maximum Gasteiger partial charge on any atom is 0.262 e. The van der Waals surface area contributed by atoms with E-state index in [0.29, 0.717) is 24.5 Å². The second kappa shape index (κ2) is 11.1. The zero-order valence-corrected chi connectivity index (χ0v) is 20.6. The number of morpholine rings is 1. The molecule has 6 nitrogen and oxygen atoms in total. The van der Waals surface area contributed by atoms with Crippen LogP contribution in [0.5, 0.6) is 0 Å². The Balaban J connectivity index is 1.42. The van der Waals surface area contributed by atoms with Crippen molar-refractivity contribution < 1.29 is 14.3 Å². The maximum absolute atomic E-state index is 13.5. The van der Waals surface area contributed by atoms with Crippen LogP contribution in [0.25, 0.3) is 11.1 Å². The number of thiophene rings is 1. The molecule has 2 aliphatic rings. The van der Waals surface area contributed by atoms with Crippen molar-refractivity contribution in [2.24, 2.45) is 0 Å². The molecular formula is C28H31N3O3S. The van der Waals surface area contributed by atoms with Gasteiger partial charge in [0.15, 0.2) is 0 Å². The average Bonchev–Trinajstić information content (AvgIpc) is 3.61. The second-order valence-electron chi connectivity index (χ2n) is 9.04. The van der Waals surface area contributed by atoms with Crippen LogP contribution in [0.1, 0.15) is 28.1 Å². The van der Waals surface area contributed by atoms with Crippen LogP contribution >= 0.6 is 11.3 Å². The molecule has 0 bridgehead atoms. The number of benzene rings is 2. The molecule has 5 rings (SSSR count). The lowest BCUT2D eigenvalue weighted by molar-refractivity contribution is -0.132. The number of hydrogen-bond acceptors (Lipinski definition) is 5. The standard InChI is InChI=1S/C28H31N3O3S/c32-26(29-24(19-21-9-3-1-4-10-21)27(33)30-13-7-8-14-30)25-20-23(22-11-5-2-6-12-22)28(35-25)31-15-17-34-18-16-31/h1-6,9-12,20,24H,7-8,13-19H2,(H,29,32). The van der Waals surface area contributed by atoms with E-state index in [4.69, 9.17) is 4.74 Å². The van der Waals surface area contributed by atoms with E-state index in [1.54, 1.807) is 0 Å². The SMILES string of the molecule is O=C(NC(Cc1ccccc1)C(=O)N1CCCC1)c1cc(-c2ccccc2)c(N2CCOCC2)s1. The summed E-state index contributed by atoms with van der Waals surface area (Å²) in [6, 6.07) is 21.5. The first-order valence-corrected chi connectivity index (χ1v) is 13.2. The number of likely N-dealkylation sites (tertiary alicyclic amines) is 1. The van der Waals surface area contributed by atoms with E-state index in [9.17, 15) is 9.59 Å². The van der Waals surface area contributed by atoms with Gasteiger partial charge in [0.25, 0.3) is 5.91 Å². The van der Waals surface area contributed by atoms with E-state index in [-0.39, 0.29) is 11.8 Å². The predicted octanol–water partition coefficient (Wildman–Crippen LogP) is 4.22. The van der Waals surface area contributed by atoms with Crippen molar-refractivity contribution in [2.45, 2.75) is 25.3 Å². The molecule has 1 atom stereocenters. The van der Waals surface area contributed by atoms with Crippen LogP contribution in [0.4, 0.5) is 5.00 Å². The van der Waals surface area contributed by atoms with E-state index in [1.165, 1.54) is 11.3 Å². The molecule has 1 unspecified atom stereocenters. The van der Waals surface area contributed by atoms with Gasteiger partial charge in [-0.1, -0.05) is 60.7 Å². The molecule has 2 amide bonds. The van der Waals surface area contributed by atoms with Crippen molar-refractivity contribution in [3.8, 4) is 11.1 Å². The van der Waals surface area contributed by atoms with Gasteiger partial charge in [-0.05, 0) is 30.0 Å². The predicted molar refractivity (Wildman–Crippen MR) is 140 cm³/mol. The second-order valence-corrected chi connectivity index (χ2v) is 10.1. The number of nitrogens with zero attached hydrogens (tertiary/aromatic N) is 2. The number of amides is 2. The zero-order valence-electron chi connectivity index (χ0n) is 19.8. The maximum atomic E-state index is 13.5. The Labute approximate surface area is 210 Å². The Morgan fingerprint density at radius 3 is 2.26 bits per heavy atom. The molecule has 3 aromatic rings. The number of hydrogen-bond donors (Lipinski definition) is 1. The van der Waals surface area contributed by atoms with E-state index in [1.807, 2.05) is 59.5 Å². The number of carbonyl (C=O) groups excluding carboxylic acids is 2. The van der Waals surface area contributed by atoms with Crippen LogP contribution in [-0.4, -0.2) is 62.1 Å². The van der Waals surface area contributed by atoms with Gasteiger partial charge in [0.2, 0.25) is 5.91 Å². The highest BCUT2D eigenvalue weighted by molar-refractivity contribution is 7.18. The Kier molecular flexibility index (Phi) is 7.45. The number of rotatable bonds is 7. The topological polar surface area (TPSA) is 61.9 Å². The molecular weight excluding hydrogens is 458 g/mol. The highest BCUT2D eigenvalue weighted by atomic mass is 32.1. The van der Waals surface area contributed by atoms with Gasteiger partial charge in [-0.3, -0.25) is 9.59 Å². The average molecular weight is 490 g/mol. The summed E-state index contributed by atoms with van der Waals surface area (Å²) < 4.78 is 5.55. The molecule has 3 heterocycles. The smallest absolute Gasteiger partial charge is 0.262 e. The number of ether oxygens (including phenoxy) is 1. The summed E-state index contributed by atoms with van der Waals surface area (Å²) in [6.07, 6.45) is 2.52. The van der Waals surface area contributed by atoms with Crippen molar-refractivity contribution in [3.63, 3.8) is 0 Å². The van der Waals surface area contributed by atoms with Crippen LogP contribution in [0.2, 0.25) is 0 Å². The molecule has 0 spiro atoms. The highest BCUT2D eigenvalue weighted by Gasteiger charge is 2.29. The van der Waals surface area contributed by atoms with Gasteiger partial charge in [-0.25, -0.2) is 0 Å². The molecule has 7 heteroatoms. The Morgan fingerprint density at radius 1 is 0.914 bits per heavy atom. The lowest BCUT2D eigenvalue weighted by atomic mass is 10.0. The molecule has 0 radical (unpaired) electrons. The fourth-order valence-corrected chi connectivity index (χ4v) is 5.89. The monoisotopic (exact) mass is 489 g/mol. The molecule has 35 heavy (non-hydrogen) atoms. The van der Waals surface area contributed by atoms with E-state index >= 15 is 0 Å². The molecule has 182 valence electrons. The Bertz CT molecular complexity index is 1140. The van der Waals surface area contributed by atoms with Gasteiger partial charge < -0.3 is 19.9 Å². The highest BCUT2D eigenvalue weighted by Crippen LogP contribution is 2.39. The Hall–Kier alpha value is -3.16. The first-order chi connectivity index (χ1) is 17.2. The van der Waals surface area contributed by atoms with Crippen LogP contribution in [0.15, 0.2) is 66.7 Å². The molecule has 2 aliphatic heterocycles. The number of anilines is 1. The van der Waals surface area contributed by atoms with Crippen LogP contribution in [0, 0.1) is 0 Å². The molecule has 1 aromatic heterocycles. The molecule has 0 aliphatic carbocycles. The van der Waals surface area contributed by atoms with Gasteiger partial charge >= 0.3 is 0 Å². The summed E-state index contributed by atoms with van der Waals surface area (Å²) in [4.78, 5) is 31.7. The van der Waals surface area contributed by atoms with Gasteiger partial charge in [-0.15, -0.1) is 11.3 Å². The lowest BCUT2D eigenvalue weighted by Gasteiger charge is -2.28. The summed E-state index contributed by atoms with van der Waals surface area (Å²) >= 11 is 1.49. The normalized spacial score (nSPS) is 16.8. The van der Waals surface area contributed by atoms with Gasteiger partial charge in [0, 0.05) is 38.2 Å². The lowest BCUT2D eigenvalue weighted by Crippen LogP contribution is -2.48. The summed E-state index contributed by atoms with van der Waals surface area (Å²) in [5, 5.41) is 4.17. The van der Waals surface area contributed by atoms with Crippen molar-refractivity contribution >= 4 is 28.2 Å². The molecule has 2 fully saturated rings. The van der Waals surface area contributed by atoms with Crippen LogP contribution in [-0.2, 0) is 16.0 Å². The molecule has 1 N–H and O–H groups in total. The minimum atomic E-state index is -0.586. The molecule has 2 saturated heterocycles. The third-order valence-electron chi connectivity index (χ3n) is 6.62. The summed E-state index contributed by atoms with van der Waals surface area (Å²) in [5.41, 5.74) is 3.17. The molecule has 0 saturated carbocycles. The van der Waals surface area contributed by atoms with Crippen molar-refractivity contribution in [3.05, 3.63) is 77.2 Å². The Morgan fingerprint density at radius 2 is 1.57 bits per heavy atom. The fraction of sp³-hybridized carbons (Fsp3) is 0.357. The van der Waals surface area contributed by atoms with Gasteiger partial charge in [0.1, 0.15) is 6.04 Å². The minimum absolute atomic E-state index is 0.00736. The van der Waals surface area contributed by atoms with Gasteiger partial charge in [-0.2, -0.15) is 0 Å². The number of carbonyl (C=O) groups is 2. The first kappa shape index (κ1) is 23.6. The summed E-state index contributed by atoms with van der Waals surface area (Å²) in [6.45, 7) is 4.47. The van der Waals surface area contributed by atoms with Crippen LogP contribution < -0.4 is 10.2 Å². The van der Waals surface area contributed by atoms with Gasteiger partial charge in [0.05, 0.1) is 23.1 Å². The van der Waals surface area contributed by atoms with E-state index in [2.05, 4.69) is 22.3 Å².